The first-order valence-electron chi connectivity index (χ1n) is 8.42. The molecule has 128 valence electrons. The summed E-state index contributed by atoms with van der Waals surface area (Å²) in [5.74, 6) is 1.32. The van der Waals surface area contributed by atoms with Crippen LogP contribution in [-0.2, 0) is 17.8 Å². The van der Waals surface area contributed by atoms with E-state index < -0.39 is 0 Å². The van der Waals surface area contributed by atoms with Crippen LogP contribution in [0.2, 0.25) is 0 Å². The summed E-state index contributed by atoms with van der Waals surface area (Å²) in [7, 11) is 0. The highest BCUT2D eigenvalue weighted by atomic mass is 16.5. The van der Waals surface area contributed by atoms with Crippen LogP contribution in [0.4, 0.5) is 5.69 Å². The average Bonchev–Trinajstić information content (AvgIpc) is 2.96. The maximum absolute atomic E-state index is 11.8. The van der Waals surface area contributed by atoms with Gasteiger partial charge in [0.05, 0.1) is 12.5 Å². The van der Waals surface area contributed by atoms with Crippen LogP contribution in [-0.4, -0.2) is 22.1 Å². The molecule has 0 fully saturated rings. The normalized spacial score (nSPS) is 20.2. The van der Waals surface area contributed by atoms with Gasteiger partial charge in [-0.3, -0.25) is 4.79 Å². The van der Waals surface area contributed by atoms with E-state index >= 15 is 0 Å². The summed E-state index contributed by atoms with van der Waals surface area (Å²) < 4.78 is 5.41. The van der Waals surface area contributed by atoms with Crippen LogP contribution >= 0.6 is 0 Å². The molecule has 1 aromatic heterocycles. The van der Waals surface area contributed by atoms with Crippen LogP contribution in [0.5, 0.6) is 0 Å². The van der Waals surface area contributed by atoms with E-state index in [1.165, 1.54) is 0 Å². The van der Waals surface area contributed by atoms with E-state index in [4.69, 9.17) is 10.3 Å². The van der Waals surface area contributed by atoms with Crippen molar-refractivity contribution < 1.29 is 9.32 Å². The number of nitrogens with zero attached hydrogens (tertiary/aromatic N) is 3. The maximum atomic E-state index is 11.8. The number of benzene rings is 1. The van der Waals surface area contributed by atoms with E-state index in [0.717, 1.165) is 23.5 Å². The molecule has 0 radical (unpaired) electrons. The van der Waals surface area contributed by atoms with E-state index in [1.807, 2.05) is 24.3 Å². The third-order valence-electron chi connectivity index (χ3n) is 4.48. The Morgan fingerprint density at radius 3 is 2.88 bits per heavy atom. The Bertz CT molecular complexity index is 725. The molecular weight excluding hydrogens is 304 g/mol. The van der Waals surface area contributed by atoms with Gasteiger partial charge >= 0.3 is 0 Å². The number of aromatic nitrogens is 2. The standard InChI is InChI=1S/C18H24N4O2/c1-11(2)8-16-20-17(24-21-16)10-22-12(3)9-14(18(19)23)13-6-4-5-7-15(13)22/h4-7,11-12,14H,8-10H2,1-3H3,(H2,19,23)/t12-,14+/m0/s1. The highest BCUT2D eigenvalue weighted by Gasteiger charge is 2.33. The molecule has 0 saturated carbocycles. The summed E-state index contributed by atoms with van der Waals surface area (Å²) >= 11 is 0. The lowest BCUT2D eigenvalue weighted by Gasteiger charge is -2.39. The number of hydrogen-bond acceptors (Lipinski definition) is 5. The van der Waals surface area contributed by atoms with Crippen LogP contribution in [0.15, 0.2) is 28.8 Å². The molecule has 0 saturated heterocycles. The molecule has 1 aromatic carbocycles. The Morgan fingerprint density at radius 2 is 2.17 bits per heavy atom. The zero-order valence-electron chi connectivity index (χ0n) is 14.4. The van der Waals surface area contributed by atoms with Gasteiger partial charge in [-0.15, -0.1) is 0 Å². The molecule has 24 heavy (non-hydrogen) atoms. The Hall–Kier alpha value is -2.37. The van der Waals surface area contributed by atoms with E-state index in [1.54, 1.807) is 0 Å². The molecule has 2 aromatic rings. The van der Waals surface area contributed by atoms with Gasteiger partial charge < -0.3 is 15.2 Å². The molecule has 6 heteroatoms. The van der Waals surface area contributed by atoms with Crippen LogP contribution in [0.1, 0.15) is 50.4 Å². The van der Waals surface area contributed by atoms with Crippen molar-refractivity contribution in [1.29, 1.82) is 0 Å². The van der Waals surface area contributed by atoms with Crippen LogP contribution in [0.3, 0.4) is 0 Å². The van der Waals surface area contributed by atoms with E-state index in [9.17, 15) is 4.79 Å². The van der Waals surface area contributed by atoms with E-state index in [2.05, 4.69) is 35.8 Å². The molecule has 0 unspecified atom stereocenters. The molecular formula is C18H24N4O2. The zero-order chi connectivity index (χ0) is 17.3. The van der Waals surface area contributed by atoms with Crippen molar-refractivity contribution in [3.63, 3.8) is 0 Å². The fourth-order valence-electron chi connectivity index (χ4n) is 3.34. The second-order valence-corrected chi connectivity index (χ2v) is 6.93. The highest BCUT2D eigenvalue weighted by Crippen LogP contribution is 2.38. The predicted molar refractivity (Wildman–Crippen MR) is 91.5 cm³/mol. The van der Waals surface area contributed by atoms with Gasteiger partial charge in [0.15, 0.2) is 5.82 Å². The van der Waals surface area contributed by atoms with E-state index in [-0.39, 0.29) is 17.9 Å². The second kappa shape index (κ2) is 6.63. The minimum absolute atomic E-state index is 0.165. The van der Waals surface area contributed by atoms with Gasteiger partial charge in [0.2, 0.25) is 11.8 Å². The summed E-state index contributed by atoms with van der Waals surface area (Å²) in [5, 5.41) is 4.06. The fourth-order valence-corrected chi connectivity index (χ4v) is 3.34. The molecule has 1 aliphatic heterocycles. The minimum atomic E-state index is -0.272. The van der Waals surface area contributed by atoms with Crippen LogP contribution in [0, 0.1) is 5.92 Å². The number of para-hydroxylation sites is 1. The Labute approximate surface area is 142 Å². The third kappa shape index (κ3) is 3.27. The number of nitrogens with two attached hydrogens (primary N) is 1. The molecule has 1 aliphatic rings. The number of carbonyl (C=O) groups is 1. The van der Waals surface area contributed by atoms with Gasteiger partial charge in [0.1, 0.15) is 0 Å². The van der Waals surface area contributed by atoms with Crippen molar-refractivity contribution in [1.82, 2.24) is 10.1 Å². The molecule has 3 rings (SSSR count). The number of amides is 1. The topological polar surface area (TPSA) is 85.3 Å². The number of hydrogen-bond donors (Lipinski definition) is 1. The minimum Gasteiger partial charge on any atom is -0.369 e. The van der Waals surface area contributed by atoms with Gasteiger partial charge in [0, 0.05) is 18.2 Å². The number of rotatable bonds is 5. The summed E-state index contributed by atoms with van der Waals surface area (Å²) in [4.78, 5) is 18.5. The molecule has 0 aliphatic carbocycles. The van der Waals surface area contributed by atoms with Crippen molar-refractivity contribution in [3.05, 3.63) is 41.5 Å². The molecule has 0 bridgehead atoms. The zero-order valence-corrected chi connectivity index (χ0v) is 14.4. The summed E-state index contributed by atoms with van der Waals surface area (Å²) in [6.45, 7) is 6.89. The monoisotopic (exact) mass is 328 g/mol. The SMILES string of the molecule is CC(C)Cc1noc(CN2c3ccccc3[C@H](C(N)=O)C[C@@H]2C)n1. The van der Waals surface area contributed by atoms with Crippen LogP contribution in [0.25, 0.3) is 0 Å². The Balaban J connectivity index is 1.86. The Morgan fingerprint density at radius 1 is 1.42 bits per heavy atom. The molecule has 1 amide bonds. The molecule has 6 nitrogen and oxygen atoms in total. The smallest absolute Gasteiger partial charge is 0.246 e. The Kier molecular flexibility index (Phi) is 4.55. The summed E-state index contributed by atoms with van der Waals surface area (Å²) in [6.07, 6.45) is 1.50. The van der Waals surface area contributed by atoms with Crippen molar-refractivity contribution >= 4 is 11.6 Å². The lowest BCUT2D eigenvalue weighted by Crippen LogP contribution is -2.41. The maximum Gasteiger partial charge on any atom is 0.246 e. The number of carbonyl (C=O) groups excluding carboxylic acids is 1. The lowest BCUT2D eigenvalue weighted by atomic mass is 9.85. The van der Waals surface area contributed by atoms with Gasteiger partial charge in [-0.05, 0) is 30.9 Å². The summed E-state index contributed by atoms with van der Waals surface area (Å²) in [5.41, 5.74) is 7.59. The van der Waals surface area contributed by atoms with Gasteiger partial charge in [0.25, 0.3) is 0 Å². The largest absolute Gasteiger partial charge is 0.369 e. The highest BCUT2D eigenvalue weighted by molar-refractivity contribution is 5.85. The van der Waals surface area contributed by atoms with E-state index in [0.29, 0.717) is 24.8 Å². The van der Waals surface area contributed by atoms with Crippen molar-refractivity contribution in [2.24, 2.45) is 11.7 Å². The quantitative estimate of drug-likeness (QED) is 0.912. The number of fused-ring (bicyclic) bond motifs is 1. The molecule has 2 heterocycles. The molecule has 0 spiro atoms. The van der Waals surface area contributed by atoms with Gasteiger partial charge in [-0.2, -0.15) is 4.98 Å². The number of primary amides is 1. The fraction of sp³-hybridized carbons (Fsp3) is 0.500. The van der Waals surface area contributed by atoms with Gasteiger partial charge in [-0.25, -0.2) is 0 Å². The second-order valence-electron chi connectivity index (χ2n) is 6.93. The van der Waals surface area contributed by atoms with Gasteiger partial charge in [-0.1, -0.05) is 37.2 Å². The van der Waals surface area contributed by atoms with Crippen molar-refractivity contribution in [3.8, 4) is 0 Å². The predicted octanol–water partition coefficient (Wildman–Crippen LogP) is 2.64. The van der Waals surface area contributed by atoms with Crippen molar-refractivity contribution in [2.75, 3.05) is 4.90 Å². The third-order valence-corrected chi connectivity index (χ3v) is 4.48. The average molecular weight is 328 g/mol. The number of anilines is 1. The first-order chi connectivity index (χ1) is 11.5. The van der Waals surface area contributed by atoms with Crippen molar-refractivity contribution in [2.45, 2.75) is 52.1 Å². The molecule has 2 atom stereocenters. The summed E-state index contributed by atoms with van der Waals surface area (Å²) in [6, 6.07) is 8.07. The first kappa shape index (κ1) is 16.5. The van der Waals surface area contributed by atoms with Crippen LogP contribution < -0.4 is 10.6 Å². The first-order valence-corrected chi connectivity index (χ1v) is 8.42. The molecule has 2 N–H and O–H groups in total. The lowest BCUT2D eigenvalue weighted by molar-refractivity contribution is -0.119.